The summed E-state index contributed by atoms with van der Waals surface area (Å²) >= 11 is 0. The molecule has 78 valence electrons. The Hall–Kier alpha value is -0.960. The summed E-state index contributed by atoms with van der Waals surface area (Å²) in [6, 6.07) is 0.00199. The van der Waals surface area contributed by atoms with Crippen molar-refractivity contribution in [2.24, 2.45) is 5.73 Å². The quantitative estimate of drug-likeness (QED) is 0.730. The molecule has 0 spiro atoms. The maximum absolute atomic E-state index is 5.96. The molecule has 0 aliphatic carbocycles. The second-order valence-electron chi connectivity index (χ2n) is 3.72. The third kappa shape index (κ3) is 3.42. The first-order valence-electron chi connectivity index (χ1n) is 5.28. The van der Waals surface area contributed by atoms with Crippen molar-refractivity contribution < 1.29 is 0 Å². The first kappa shape index (κ1) is 11.1. The number of hydrogen-bond donors (Lipinski definition) is 1. The normalized spacial score (nSPS) is 12.8. The molecule has 14 heavy (non-hydrogen) atoms. The molecule has 0 aromatic carbocycles. The Bertz CT molecular complexity index is 256. The van der Waals surface area contributed by atoms with Gasteiger partial charge in [-0.25, -0.2) is 9.97 Å². The topological polar surface area (TPSA) is 51.8 Å². The lowest BCUT2D eigenvalue weighted by molar-refractivity contribution is 0.557. The highest BCUT2D eigenvalue weighted by molar-refractivity contribution is 5.04. The molecule has 1 unspecified atom stereocenters. The largest absolute Gasteiger partial charge is 0.321 e. The van der Waals surface area contributed by atoms with E-state index in [1.54, 1.807) is 0 Å². The van der Waals surface area contributed by atoms with E-state index in [1.807, 2.05) is 19.3 Å². The highest BCUT2D eigenvalue weighted by Crippen LogP contribution is 2.13. The lowest BCUT2D eigenvalue weighted by Gasteiger charge is -2.09. The zero-order chi connectivity index (χ0) is 10.4. The number of aromatic nitrogens is 2. The van der Waals surface area contributed by atoms with Crippen molar-refractivity contribution in [3.63, 3.8) is 0 Å². The van der Waals surface area contributed by atoms with Crippen LogP contribution in [0.1, 0.15) is 50.0 Å². The number of rotatable bonds is 5. The Kier molecular flexibility index (Phi) is 4.53. The fraction of sp³-hybridized carbons (Fsp3) is 0.636. The van der Waals surface area contributed by atoms with Crippen molar-refractivity contribution in [3.05, 3.63) is 23.8 Å². The van der Waals surface area contributed by atoms with Gasteiger partial charge in [-0.15, -0.1) is 0 Å². The second-order valence-corrected chi connectivity index (χ2v) is 3.72. The van der Waals surface area contributed by atoms with Gasteiger partial charge in [0.25, 0.3) is 0 Å². The van der Waals surface area contributed by atoms with Crippen molar-refractivity contribution in [3.8, 4) is 0 Å². The van der Waals surface area contributed by atoms with Crippen LogP contribution in [0.3, 0.4) is 0 Å². The van der Waals surface area contributed by atoms with Crippen molar-refractivity contribution in [2.45, 2.75) is 45.6 Å². The number of hydrogen-bond acceptors (Lipinski definition) is 3. The highest BCUT2D eigenvalue weighted by Gasteiger charge is 2.07. The molecule has 1 rings (SSSR count). The predicted octanol–water partition coefficient (Wildman–Crippen LogP) is 2.37. The van der Waals surface area contributed by atoms with Gasteiger partial charge in [-0.1, -0.05) is 26.2 Å². The van der Waals surface area contributed by atoms with E-state index in [9.17, 15) is 0 Å². The summed E-state index contributed by atoms with van der Waals surface area (Å²) in [6.07, 6.45) is 8.25. The van der Waals surface area contributed by atoms with E-state index in [1.165, 1.54) is 12.8 Å². The summed E-state index contributed by atoms with van der Waals surface area (Å²) in [6.45, 7) is 4.17. The van der Waals surface area contributed by atoms with Gasteiger partial charge in [0.15, 0.2) is 0 Å². The fourth-order valence-electron chi connectivity index (χ4n) is 1.34. The average Bonchev–Trinajstić information content (AvgIpc) is 2.19. The maximum atomic E-state index is 5.96. The molecule has 0 amide bonds. The van der Waals surface area contributed by atoms with Gasteiger partial charge in [-0.3, -0.25) is 0 Å². The van der Waals surface area contributed by atoms with Gasteiger partial charge < -0.3 is 5.73 Å². The minimum atomic E-state index is 0.00199. The first-order valence-corrected chi connectivity index (χ1v) is 5.28. The lowest BCUT2D eigenvalue weighted by Crippen LogP contribution is -2.13. The van der Waals surface area contributed by atoms with Crippen LogP contribution in [-0.2, 0) is 0 Å². The smallest absolute Gasteiger partial charge is 0.144 e. The van der Waals surface area contributed by atoms with Crippen LogP contribution in [0.15, 0.2) is 12.4 Å². The predicted molar refractivity (Wildman–Crippen MR) is 57.8 cm³/mol. The Balaban J connectivity index is 2.43. The Morgan fingerprint density at radius 3 is 2.50 bits per heavy atom. The van der Waals surface area contributed by atoms with Gasteiger partial charge in [0.05, 0.1) is 6.04 Å². The molecule has 1 aromatic rings. The number of aryl methyl sites for hydroxylation is 1. The molecular formula is C11H19N3. The molecule has 0 aliphatic rings. The summed E-state index contributed by atoms with van der Waals surface area (Å²) in [5.74, 6) is 0.770. The van der Waals surface area contributed by atoms with Gasteiger partial charge in [-0.05, 0) is 18.9 Å². The van der Waals surface area contributed by atoms with Gasteiger partial charge in [0, 0.05) is 12.4 Å². The van der Waals surface area contributed by atoms with Gasteiger partial charge in [0.2, 0.25) is 0 Å². The maximum Gasteiger partial charge on any atom is 0.144 e. The molecule has 1 aromatic heterocycles. The van der Waals surface area contributed by atoms with Crippen LogP contribution in [0.5, 0.6) is 0 Å². The van der Waals surface area contributed by atoms with Gasteiger partial charge in [-0.2, -0.15) is 0 Å². The molecule has 3 nitrogen and oxygen atoms in total. The van der Waals surface area contributed by atoms with Gasteiger partial charge in [0.1, 0.15) is 5.82 Å². The van der Waals surface area contributed by atoms with E-state index in [0.29, 0.717) is 0 Å². The average molecular weight is 193 g/mol. The molecule has 0 saturated carbocycles. The molecule has 0 radical (unpaired) electrons. The highest BCUT2D eigenvalue weighted by atomic mass is 14.9. The van der Waals surface area contributed by atoms with Crippen molar-refractivity contribution in [1.82, 2.24) is 9.97 Å². The van der Waals surface area contributed by atoms with Gasteiger partial charge >= 0.3 is 0 Å². The summed E-state index contributed by atoms with van der Waals surface area (Å²) < 4.78 is 0. The van der Waals surface area contributed by atoms with Crippen molar-refractivity contribution in [1.29, 1.82) is 0 Å². The zero-order valence-electron chi connectivity index (χ0n) is 9.03. The molecule has 1 heterocycles. The molecule has 0 aliphatic heterocycles. The van der Waals surface area contributed by atoms with E-state index in [-0.39, 0.29) is 6.04 Å². The fourth-order valence-corrected chi connectivity index (χ4v) is 1.34. The Morgan fingerprint density at radius 2 is 1.93 bits per heavy atom. The van der Waals surface area contributed by atoms with Crippen LogP contribution in [0.25, 0.3) is 0 Å². The zero-order valence-corrected chi connectivity index (χ0v) is 9.03. The number of nitrogens with zero attached hydrogens (tertiary/aromatic N) is 2. The van der Waals surface area contributed by atoms with Crippen LogP contribution >= 0.6 is 0 Å². The third-order valence-electron chi connectivity index (χ3n) is 2.25. The standard InChI is InChI=1S/C11H19N3/c1-3-4-5-6-10(12)11-13-7-9(2)8-14-11/h7-8,10H,3-6,12H2,1-2H3. The molecular weight excluding hydrogens is 174 g/mol. The summed E-state index contributed by atoms with van der Waals surface area (Å²) in [5, 5.41) is 0. The lowest BCUT2D eigenvalue weighted by atomic mass is 10.1. The Labute approximate surface area is 85.8 Å². The van der Waals surface area contributed by atoms with E-state index in [4.69, 9.17) is 5.73 Å². The van der Waals surface area contributed by atoms with Crippen LogP contribution in [-0.4, -0.2) is 9.97 Å². The molecule has 2 N–H and O–H groups in total. The van der Waals surface area contributed by atoms with E-state index in [0.717, 1.165) is 24.2 Å². The van der Waals surface area contributed by atoms with Crippen LogP contribution < -0.4 is 5.73 Å². The molecule has 0 fully saturated rings. The minimum absolute atomic E-state index is 0.00199. The summed E-state index contributed by atoms with van der Waals surface area (Å²) in [7, 11) is 0. The molecule has 0 saturated heterocycles. The van der Waals surface area contributed by atoms with Crippen LogP contribution in [0.4, 0.5) is 0 Å². The molecule has 0 bridgehead atoms. The molecule has 1 atom stereocenters. The van der Waals surface area contributed by atoms with Crippen molar-refractivity contribution in [2.75, 3.05) is 0 Å². The molecule has 3 heteroatoms. The van der Waals surface area contributed by atoms with Crippen LogP contribution in [0.2, 0.25) is 0 Å². The van der Waals surface area contributed by atoms with Crippen molar-refractivity contribution >= 4 is 0 Å². The second kappa shape index (κ2) is 5.70. The Morgan fingerprint density at radius 1 is 1.29 bits per heavy atom. The van der Waals surface area contributed by atoms with E-state index >= 15 is 0 Å². The SMILES string of the molecule is CCCCCC(N)c1ncc(C)cn1. The summed E-state index contributed by atoms with van der Waals surface area (Å²) in [4.78, 5) is 8.44. The monoisotopic (exact) mass is 193 g/mol. The summed E-state index contributed by atoms with van der Waals surface area (Å²) in [5.41, 5.74) is 7.04. The van der Waals surface area contributed by atoms with E-state index < -0.39 is 0 Å². The minimum Gasteiger partial charge on any atom is -0.321 e. The third-order valence-corrected chi connectivity index (χ3v) is 2.25. The van der Waals surface area contributed by atoms with E-state index in [2.05, 4.69) is 16.9 Å². The first-order chi connectivity index (χ1) is 6.74. The number of unbranched alkanes of at least 4 members (excludes halogenated alkanes) is 2. The van der Waals surface area contributed by atoms with Crippen LogP contribution in [0, 0.1) is 6.92 Å². The number of nitrogens with two attached hydrogens (primary N) is 1.